The first-order valence-corrected chi connectivity index (χ1v) is 9.51. The minimum absolute atomic E-state index is 0.157. The smallest absolute Gasteiger partial charge is 0.331 e. The molecule has 0 atom stereocenters. The molecule has 2 N–H and O–H groups in total. The molecule has 9 nitrogen and oxygen atoms in total. The highest BCUT2D eigenvalue weighted by atomic mass is 16.6. The van der Waals surface area contributed by atoms with Crippen LogP contribution in [0.1, 0.15) is 32.1 Å². The summed E-state index contributed by atoms with van der Waals surface area (Å²) in [6, 6.07) is 0. The maximum absolute atomic E-state index is 12.3. The SMILES string of the molecule is COC(=O)/C=C/C(=O)OCC(CO)(CO)C(=O)OCCCCN1CCCCC1. The minimum Gasteiger partial charge on any atom is -0.466 e. The molecule has 0 bridgehead atoms. The maximum Gasteiger partial charge on any atom is 0.331 e. The Hall–Kier alpha value is -1.97. The van der Waals surface area contributed by atoms with Crippen molar-refractivity contribution in [2.24, 2.45) is 5.41 Å². The molecule has 0 amide bonds. The second kappa shape index (κ2) is 13.2. The number of hydrogen-bond donors (Lipinski definition) is 2. The van der Waals surface area contributed by atoms with Crippen molar-refractivity contribution in [3.05, 3.63) is 12.2 Å². The molecule has 160 valence electrons. The van der Waals surface area contributed by atoms with Crippen LogP contribution in [0, 0.1) is 5.41 Å². The second-order valence-electron chi connectivity index (χ2n) is 6.81. The van der Waals surface area contributed by atoms with Gasteiger partial charge in [0.25, 0.3) is 0 Å². The Labute approximate surface area is 165 Å². The van der Waals surface area contributed by atoms with E-state index in [1.54, 1.807) is 0 Å². The first-order valence-electron chi connectivity index (χ1n) is 9.51. The van der Waals surface area contributed by atoms with Gasteiger partial charge in [0.15, 0.2) is 0 Å². The fourth-order valence-electron chi connectivity index (χ4n) is 2.73. The molecule has 0 radical (unpaired) electrons. The molecule has 0 aromatic rings. The first kappa shape index (κ1) is 24.1. The molecule has 28 heavy (non-hydrogen) atoms. The normalized spacial score (nSPS) is 15.4. The molecule has 0 aliphatic carbocycles. The Balaban J connectivity index is 2.38. The monoisotopic (exact) mass is 401 g/mol. The zero-order chi connectivity index (χ0) is 20.8. The van der Waals surface area contributed by atoms with E-state index >= 15 is 0 Å². The van der Waals surface area contributed by atoms with Gasteiger partial charge in [0, 0.05) is 12.2 Å². The fraction of sp³-hybridized carbons (Fsp3) is 0.737. The van der Waals surface area contributed by atoms with Gasteiger partial charge in [0.2, 0.25) is 0 Å². The van der Waals surface area contributed by atoms with Crippen molar-refractivity contribution in [3.63, 3.8) is 0 Å². The van der Waals surface area contributed by atoms with Crippen molar-refractivity contribution in [2.45, 2.75) is 32.1 Å². The summed E-state index contributed by atoms with van der Waals surface area (Å²) in [5, 5.41) is 19.1. The summed E-state index contributed by atoms with van der Waals surface area (Å²) < 4.78 is 14.4. The van der Waals surface area contributed by atoms with Crippen LogP contribution < -0.4 is 0 Å². The van der Waals surface area contributed by atoms with Crippen LogP contribution in [0.2, 0.25) is 0 Å². The molecular weight excluding hydrogens is 370 g/mol. The predicted molar refractivity (Wildman–Crippen MR) is 99.2 cm³/mol. The Kier molecular flexibility index (Phi) is 11.4. The molecule has 0 aromatic heterocycles. The van der Waals surface area contributed by atoms with Gasteiger partial charge in [-0.3, -0.25) is 4.79 Å². The lowest BCUT2D eigenvalue weighted by Gasteiger charge is -2.27. The van der Waals surface area contributed by atoms with E-state index in [-0.39, 0.29) is 6.61 Å². The summed E-state index contributed by atoms with van der Waals surface area (Å²) in [6.07, 6.45) is 6.96. The highest BCUT2D eigenvalue weighted by Gasteiger charge is 2.40. The van der Waals surface area contributed by atoms with Crippen LogP contribution >= 0.6 is 0 Å². The average Bonchev–Trinajstić information content (AvgIpc) is 2.73. The van der Waals surface area contributed by atoms with E-state index in [0.717, 1.165) is 45.3 Å². The number of hydrogen-bond acceptors (Lipinski definition) is 9. The number of carbonyl (C=O) groups excluding carboxylic acids is 3. The van der Waals surface area contributed by atoms with Gasteiger partial charge in [-0.2, -0.15) is 0 Å². The molecule has 9 heteroatoms. The summed E-state index contributed by atoms with van der Waals surface area (Å²) in [4.78, 5) is 37.2. The third-order valence-electron chi connectivity index (χ3n) is 4.64. The Morgan fingerprint density at radius 3 is 2.21 bits per heavy atom. The van der Waals surface area contributed by atoms with Crippen LogP contribution in [0.4, 0.5) is 0 Å². The molecule has 1 rings (SSSR count). The van der Waals surface area contributed by atoms with E-state index in [4.69, 9.17) is 9.47 Å². The van der Waals surface area contributed by atoms with Gasteiger partial charge in [-0.15, -0.1) is 0 Å². The van der Waals surface area contributed by atoms with E-state index in [9.17, 15) is 24.6 Å². The highest BCUT2D eigenvalue weighted by molar-refractivity contribution is 5.91. The molecule has 1 saturated heterocycles. The molecule has 1 aliphatic rings. The Morgan fingerprint density at radius 2 is 1.61 bits per heavy atom. The summed E-state index contributed by atoms with van der Waals surface area (Å²) in [7, 11) is 1.16. The van der Waals surface area contributed by atoms with Crippen LogP contribution in [0.25, 0.3) is 0 Å². The van der Waals surface area contributed by atoms with Gasteiger partial charge in [-0.1, -0.05) is 6.42 Å². The van der Waals surface area contributed by atoms with Gasteiger partial charge >= 0.3 is 17.9 Å². The molecular formula is C19H31NO8. The average molecular weight is 401 g/mol. The number of carbonyl (C=O) groups is 3. The number of methoxy groups -OCH3 is 1. The molecule has 0 unspecified atom stereocenters. The number of rotatable bonds is 12. The standard InChI is InChI=1S/C19H31NO8/c1-26-16(23)7-8-17(24)28-15-19(13-21,14-22)18(25)27-12-6-5-11-20-9-3-2-4-10-20/h7-8,21-22H,2-6,9-15H2,1H3/b8-7+. The minimum atomic E-state index is -1.75. The number of aliphatic hydroxyl groups is 2. The second-order valence-corrected chi connectivity index (χ2v) is 6.81. The lowest BCUT2D eigenvalue weighted by molar-refractivity contribution is -0.169. The zero-order valence-corrected chi connectivity index (χ0v) is 16.4. The number of aliphatic hydroxyl groups excluding tert-OH is 2. The molecule has 1 heterocycles. The van der Waals surface area contributed by atoms with Gasteiger partial charge in [-0.05, 0) is 45.3 Å². The molecule has 0 aromatic carbocycles. The predicted octanol–water partition coefficient (Wildman–Crippen LogP) is 0.0391. The van der Waals surface area contributed by atoms with E-state index in [1.165, 1.54) is 19.3 Å². The summed E-state index contributed by atoms with van der Waals surface area (Å²) in [5.74, 6) is -2.48. The van der Waals surface area contributed by atoms with E-state index in [1.807, 2.05) is 0 Å². The van der Waals surface area contributed by atoms with Crippen LogP contribution in [0.3, 0.4) is 0 Å². The molecule has 1 fully saturated rings. The van der Waals surface area contributed by atoms with E-state index in [0.29, 0.717) is 6.42 Å². The summed E-state index contributed by atoms with van der Waals surface area (Å²) >= 11 is 0. The topological polar surface area (TPSA) is 123 Å². The van der Waals surface area contributed by atoms with E-state index in [2.05, 4.69) is 9.64 Å². The van der Waals surface area contributed by atoms with Crippen molar-refractivity contribution in [2.75, 3.05) is 53.2 Å². The van der Waals surface area contributed by atoms with Crippen molar-refractivity contribution >= 4 is 17.9 Å². The quantitative estimate of drug-likeness (QED) is 0.202. The largest absolute Gasteiger partial charge is 0.466 e. The number of unbranched alkanes of at least 4 members (excludes halogenated alkanes) is 1. The van der Waals surface area contributed by atoms with Crippen LogP contribution in [0.15, 0.2) is 12.2 Å². The number of piperidine rings is 1. The first-order chi connectivity index (χ1) is 13.5. The number of nitrogens with zero attached hydrogens (tertiary/aromatic N) is 1. The van der Waals surface area contributed by atoms with E-state index < -0.39 is 43.1 Å². The number of esters is 3. The van der Waals surface area contributed by atoms with Crippen LogP contribution in [-0.4, -0.2) is 86.2 Å². The highest BCUT2D eigenvalue weighted by Crippen LogP contribution is 2.19. The van der Waals surface area contributed by atoms with Crippen molar-refractivity contribution in [1.29, 1.82) is 0 Å². The van der Waals surface area contributed by atoms with Crippen LogP contribution in [-0.2, 0) is 28.6 Å². The van der Waals surface area contributed by atoms with Crippen molar-refractivity contribution in [3.8, 4) is 0 Å². The third kappa shape index (κ3) is 8.37. The van der Waals surface area contributed by atoms with Gasteiger partial charge in [0.05, 0.1) is 26.9 Å². The Bertz CT molecular complexity index is 524. The lowest BCUT2D eigenvalue weighted by Crippen LogP contribution is -2.44. The van der Waals surface area contributed by atoms with Crippen molar-refractivity contribution < 1.29 is 38.8 Å². The van der Waals surface area contributed by atoms with Gasteiger partial charge in [0.1, 0.15) is 12.0 Å². The number of ether oxygens (including phenoxy) is 3. The summed E-state index contributed by atoms with van der Waals surface area (Å²) in [5.41, 5.74) is -1.75. The van der Waals surface area contributed by atoms with Crippen LogP contribution in [0.5, 0.6) is 0 Å². The lowest BCUT2D eigenvalue weighted by atomic mass is 9.91. The fourth-order valence-corrected chi connectivity index (χ4v) is 2.73. The van der Waals surface area contributed by atoms with Gasteiger partial charge < -0.3 is 29.3 Å². The number of likely N-dealkylation sites (tertiary alicyclic amines) is 1. The zero-order valence-electron chi connectivity index (χ0n) is 16.4. The molecule has 0 spiro atoms. The maximum atomic E-state index is 12.3. The van der Waals surface area contributed by atoms with Gasteiger partial charge in [-0.25, -0.2) is 9.59 Å². The molecule has 0 saturated carbocycles. The van der Waals surface area contributed by atoms with Crippen molar-refractivity contribution in [1.82, 2.24) is 4.90 Å². The molecule has 1 aliphatic heterocycles. The third-order valence-corrected chi connectivity index (χ3v) is 4.64. The Morgan fingerprint density at radius 1 is 0.964 bits per heavy atom. The summed E-state index contributed by atoms with van der Waals surface area (Å²) in [6.45, 7) is 1.25.